The number of Topliss-reactive ketones (excluding diaryl/α,β-unsaturated/α-hetero) is 1. The molecule has 1 radical (unpaired) electrons. The summed E-state index contributed by atoms with van der Waals surface area (Å²) in [4.78, 5) is 10.4. The van der Waals surface area contributed by atoms with E-state index in [4.69, 9.17) is 0 Å². The maximum atomic E-state index is 10.4. The summed E-state index contributed by atoms with van der Waals surface area (Å²) in [5.41, 5.74) is 1.07. The van der Waals surface area contributed by atoms with E-state index in [2.05, 4.69) is 12.2 Å². The normalized spacial score (nSPS) is 14.5. The van der Waals surface area contributed by atoms with E-state index in [1.165, 1.54) is 0 Å². The van der Waals surface area contributed by atoms with E-state index in [0.29, 0.717) is 18.6 Å². The van der Waals surface area contributed by atoms with E-state index in [0.717, 1.165) is 18.7 Å². The van der Waals surface area contributed by atoms with E-state index in [9.17, 15) is 4.79 Å². The molecule has 0 N–H and O–H groups in total. The summed E-state index contributed by atoms with van der Waals surface area (Å²) in [5, 5.41) is 4.01. The smallest absolute Gasteiger partial charge is 0.129 e. The van der Waals surface area contributed by atoms with Gasteiger partial charge in [0.25, 0.3) is 0 Å². The Bertz CT molecular complexity index is 266. The van der Waals surface area contributed by atoms with Crippen LogP contribution < -0.4 is 0 Å². The first kappa shape index (κ1) is 14.8. The number of hydrogen-bond donors (Lipinski definition) is 0. The molecular weight excluding hydrogens is 263 g/mol. The Morgan fingerprint density at radius 1 is 1.07 bits per heavy atom. The van der Waals surface area contributed by atoms with Gasteiger partial charge in [0, 0.05) is 32.7 Å². The molecule has 1 heterocycles. The summed E-state index contributed by atoms with van der Waals surface area (Å²) in [6.07, 6.45) is 1.36. The molecule has 0 aliphatic carbocycles. The van der Waals surface area contributed by atoms with Gasteiger partial charge in [-0.05, 0) is 12.8 Å². The van der Waals surface area contributed by atoms with Crippen LogP contribution in [0.2, 0.25) is 0 Å². The van der Waals surface area contributed by atoms with Crippen LogP contribution in [0.15, 0.2) is 30.3 Å². The minimum absolute atomic E-state index is 0. The average Bonchev–Trinajstić information content (AvgIpc) is 2.21. The standard InChI is InChI=1S/C7H7.C5H8NO.Y/c1-7-5-3-2-4-6-7;7-5-1-3-6-4-2-5;/h2-6H,1H2;1-4H2;/q2*-1;. The molecule has 1 aromatic rings. The minimum atomic E-state index is 0. The molecule has 1 saturated heterocycles. The molecule has 0 saturated carbocycles. The third-order valence-electron chi connectivity index (χ3n) is 1.94. The molecule has 15 heavy (non-hydrogen) atoms. The van der Waals surface area contributed by atoms with Crippen molar-refractivity contribution < 1.29 is 37.5 Å². The van der Waals surface area contributed by atoms with Gasteiger partial charge in [0.1, 0.15) is 5.78 Å². The second kappa shape index (κ2) is 9.08. The number of rotatable bonds is 0. The van der Waals surface area contributed by atoms with E-state index < -0.39 is 0 Å². The molecule has 0 atom stereocenters. The molecule has 1 aliphatic heterocycles. The fraction of sp³-hybridized carbons (Fsp3) is 0.333. The van der Waals surface area contributed by atoms with Crippen molar-refractivity contribution in [3.8, 4) is 0 Å². The van der Waals surface area contributed by atoms with Crippen molar-refractivity contribution in [3.05, 3.63) is 48.1 Å². The first-order chi connectivity index (χ1) is 6.79. The monoisotopic (exact) mass is 278 g/mol. The number of piperidine rings is 1. The Balaban J connectivity index is 0.000000245. The predicted molar refractivity (Wildman–Crippen MR) is 58.2 cm³/mol. The Labute approximate surface area is 117 Å². The summed E-state index contributed by atoms with van der Waals surface area (Å²) < 4.78 is 0. The predicted octanol–water partition coefficient (Wildman–Crippen LogP) is 2.59. The average molecular weight is 278 g/mol. The first-order valence-corrected chi connectivity index (χ1v) is 4.81. The summed E-state index contributed by atoms with van der Waals surface area (Å²) in [5.74, 6) is 0.370. The molecule has 2 rings (SSSR count). The van der Waals surface area contributed by atoms with Crippen molar-refractivity contribution in [2.45, 2.75) is 12.8 Å². The van der Waals surface area contributed by atoms with Crippen LogP contribution in [0.1, 0.15) is 18.4 Å². The zero-order valence-corrected chi connectivity index (χ0v) is 11.7. The van der Waals surface area contributed by atoms with Crippen LogP contribution in [0.4, 0.5) is 0 Å². The van der Waals surface area contributed by atoms with Crippen LogP contribution in [-0.4, -0.2) is 18.9 Å². The molecule has 0 aromatic heterocycles. The number of nitrogens with zero attached hydrogens (tertiary/aromatic N) is 1. The quantitative estimate of drug-likeness (QED) is 0.671. The van der Waals surface area contributed by atoms with Gasteiger partial charge in [-0.3, -0.25) is 4.79 Å². The summed E-state index contributed by atoms with van der Waals surface area (Å²) in [7, 11) is 0. The molecule has 1 fully saturated rings. The fourth-order valence-corrected chi connectivity index (χ4v) is 1.12. The summed E-state index contributed by atoms with van der Waals surface area (Å²) in [6.45, 7) is 5.25. The van der Waals surface area contributed by atoms with E-state index in [1.54, 1.807) is 0 Å². The van der Waals surface area contributed by atoms with Crippen LogP contribution in [0.5, 0.6) is 0 Å². The fourth-order valence-electron chi connectivity index (χ4n) is 1.12. The van der Waals surface area contributed by atoms with Gasteiger partial charge in [-0.15, -0.1) is 25.2 Å². The van der Waals surface area contributed by atoms with Crippen molar-refractivity contribution in [2.75, 3.05) is 13.1 Å². The molecule has 79 valence electrons. The third kappa shape index (κ3) is 7.72. The molecule has 1 aromatic carbocycles. The molecule has 0 bridgehead atoms. The van der Waals surface area contributed by atoms with Crippen molar-refractivity contribution in [2.24, 2.45) is 0 Å². The van der Waals surface area contributed by atoms with Crippen LogP contribution in [0.25, 0.3) is 5.32 Å². The zero-order chi connectivity index (χ0) is 10.2. The Morgan fingerprint density at radius 2 is 1.60 bits per heavy atom. The number of hydrogen-bond acceptors (Lipinski definition) is 1. The number of benzene rings is 1. The molecule has 3 heteroatoms. The largest absolute Gasteiger partial charge is 0.662 e. The van der Waals surface area contributed by atoms with Crippen molar-refractivity contribution >= 4 is 5.78 Å². The maximum absolute atomic E-state index is 10.4. The molecular formula is C12H15NOY-2. The van der Waals surface area contributed by atoms with Crippen molar-refractivity contribution in [1.82, 2.24) is 0 Å². The Hall–Kier alpha value is -0.176. The topological polar surface area (TPSA) is 31.2 Å². The van der Waals surface area contributed by atoms with E-state index >= 15 is 0 Å². The van der Waals surface area contributed by atoms with Crippen LogP contribution in [-0.2, 0) is 37.5 Å². The second-order valence-electron chi connectivity index (χ2n) is 3.20. The first-order valence-electron chi connectivity index (χ1n) is 4.81. The Morgan fingerprint density at radius 3 is 1.87 bits per heavy atom. The van der Waals surface area contributed by atoms with Gasteiger partial charge in [0.05, 0.1) is 0 Å². The van der Waals surface area contributed by atoms with Gasteiger partial charge in [0.15, 0.2) is 0 Å². The SMILES string of the molecule is O=C1CC[N-]CC1.[CH2-]c1ccccc1.[Y]. The van der Waals surface area contributed by atoms with Gasteiger partial charge in [-0.1, -0.05) is 6.07 Å². The molecule has 0 unspecified atom stereocenters. The summed E-state index contributed by atoms with van der Waals surface area (Å²) in [6, 6.07) is 9.87. The molecule has 1 aliphatic rings. The van der Waals surface area contributed by atoms with Gasteiger partial charge in [0.2, 0.25) is 0 Å². The van der Waals surface area contributed by atoms with Gasteiger partial charge >= 0.3 is 0 Å². The Kier molecular flexibility index (Phi) is 8.97. The van der Waals surface area contributed by atoms with E-state index in [1.807, 2.05) is 30.3 Å². The number of ketones is 1. The third-order valence-corrected chi connectivity index (χ3v) is 1.94. The van der Waals surface area contributed by atoms with Crippen molar-refractivity contribution in [3.63, 3.8) is 0 Å². The zero-order valence-electron chi connectivity index (χ0n) is 8.86. The number of carbonyl (C=O) groups excluding carboxylic acids is 1. The van der Waals surface area contributed by atoms with Crippen LogP contribution in [0.3, 0.4) is 0 Å². The van der Waals surface area contributed by atoms with Crippen LogP contribution >= 0.6 is 0 Å². The van der Waals surface area contributed by atoms with Crippen LogP contribution in [0, 0.1) is 6.92 Å². The van der Waals surface area contributed by atoms with Crippen molar-refractivity contribution in [1.29, 1.82) is 0 Å². The van der Waals surface area contributed by atoms with Gasteiger partial charge < -0.3 is 5.32 Å². The maximum Gasteiger partial charge on any atom is 0.129 e. The number of carbonyl (C=O) groups is 1. The van der Waals surface area contributed by atoms with Gasteiger partial charge in [-0.2, -0.15) is 24.6 Å². The molecule has 0 amide bonds. The molecule has 0 spiro atoms. The minimum Gasteiger partial charge on any atom is -0.662 e. The second-order valence-corrected chi connectivity index (χ2v) is 3.20. The summed E-state index contributed by atoms with van der Waals surface area (Å²) >= 11 is 0. The van der Waals surface area contributed by atoms with E-state index in [-0.39, 0.29) is 32.7 Å². The molecule has 2 nitrogen and oxygen atoms in total. The van der Waals surface area contributed by atoms with Gasteiger partial charge in [-0.25, -0.2) is 0 Å².